The minimum absolute atomic E-state index is 0.0480. The lowest BCUT2D eigenvalue weighted by atomic mass is 10.3. The highest BCUT2D eigenvalue weighted by atomic mass is 32.2. The molecule has 5 nitrogen and oxygen atoms in total. The third-order valence-electron chi connectivity index (χ3n) is 3.75. The van der Waals surface area contributed by atoms with Gasteiger partial charge in [-0.2, -0.15) is 0 Å². The Hall–Kier alpha value is -0.470. The molecule has 0 bridgehead atoms. The molecule has 1 saturated carbocycles. The van der Waals surface area contributed by atoms with Gasteiger partial charge in [-0.15, -0.1) is 11.3 Å². The largest absolute Gasteiger partial charge is 0.326 e. The smallest absolute Gasteiger partial charge is 0.241 e. The number of likely N-dealkylation sites (tertiary alicyclic amines) is 1. The van der Waals surface area contributed by atoms with Crippen LogP contribution in [0.15, 0.2) is 16.3 Å². The molecule has 106 valence electrons. The molecule has 1 saturated heterocycles. The van der Waals surface area contributed by atoms with Crippen molar-refractivity contribution in [3.63, 3.8) is 0 Å². The van der Waals surface area contributed by atoms with Crippen LogP contribution >= 0.6 is 11.3 Å². The molecule has 7 heteroatoms. The van der Waals surface area contributed by atoms with Crippen LogP contribution in [0.2, 0.25) is 0 Å². The Balaban J connectivity index is 1.64. The average Bonchev–Trinajstić information content (AvgIpc) is 2.92. The maximum atomic E-state index is 12.2. The van der Waals surface area contributed by atoms with Crippen LogP contribution in [-0.4, -0.2) is 38.5 Å². The molecule has 3 rings (SSSR count). The number of sulfonamides is 1. The first-order valence-corrected chi connectivity index (χ1v) is 8.98. The van der Waals surface area contributed by atoms with Gasteiger partial charge in [0.05, 0.1) is 4.90 Å². The molecule has 1 aliphatic heterocycles. The van der Waals surface area contributed by atoms with Gasteiger partial charge >= 0.3 is 0 Å². The van der Waals surface area contributed by atoms with E-state index in [4.69, 9.17) is 5.73 Å². The zero-order valence-electron chi connectivity index (χ0n) is 10.7. The first kappa shape index (κ1) is 13.5. The molecule has 1 aromatic rings. The average molecular weight is 301 g/mol. The maximum absolute atomic E-state index is 12.2. The highest BCUT2D eigenvalue weighted by molar-refractivity contribution is 7.89. The maximum Gasteiger partial charge on any atom is 0.241 e. The van der Waals surface area contributed by atoms with Crippen molar-refractivity contribution in [2.45, 2.75) is 42.8 Å². The van der Waals surface area contributed by atoms with Crippen LogP contribution in [0.25, 0.3) is 0 Å². The van der Waals surface area contributed by atoms with Gasteiger partial charge in [-0.1, -0.05) is 0 Å². The first-order chi connectivity index (χ1) is 9.08. The highest BCUT2D eigenvalue weighted by Gasteiger charge is 2.35. The third kappa shape index (κ3) is 3.00. The van der Waals surface area contributed by atoms with E-state index in [-0.39, 0.29) is 6.04 Å². The SMILES string of the molecule is NCc1cc(S(=O)(=O)NC2CCN(C3CC3)C2)cs1. The molecule has 1 atom stereocenters. The summed E-state index contributed by atoms with van der Waals surface area (Å²) < 4.78 is 27.3. The van der Waals surface area contributed by atoms with Crippen LogP contribution < -0.4 is 10.5 Å². The predicted octanol–water partition coefficient (Wildman–Crippen LogP) is 0.722. The zero-order valence-corrected chi connectivity index (χ0v) is 12.3. The molecule has 0 aromatic carbocycles. The molecular formula is C12H19N3O2S2. The Morgan fingerprint density at radius 3 is 2.84 bits per heavy atom. The van der Waals surface area contributed by atoms with Gasteiger partial charge in [0.1, 0.15) is 0 Å². The van der Waals surface area contributed by atoms with E-state index in [1.54, 1.807) is 11.4 Å². The highest BCUT2D eigenvalue weighted by Crippen LogP contribution is 2.30. The number of rotatable bonds is 5. The Morgan fingerprint density at radius 2 is 2.21 bits per heavy atom. The summed E-state index contributed by atoms with van der Waals surface area (Å²) in [6.07, 6.45) is 3.44. The van der Waals surface area contributed by atoms with Crippen molar-refractivity contribution in [1.29, 1.82) is 0 Å². The summed E-state index contributed by atoms with van der Waals surface area (Å²) in [5.41, 5.74) is 5.52. The van der Waals surface area contributed by atoms with E-state index in [1.165, 1.54) is 24.2 Å². The van der Waals surface area contributed by atoms with Gasteiger partial charge < -0.3 is 5.73 Å². The first-order valence-electron chi connectivity index (χ1n) is 6.62. The third-order valence-corrected chi connectivity index (χ3v) is 6.35. The number of nitrogens with one attached hydrogen (secondary N) is 1. The number of hydrogen-bond donors (Lipinski definition) is 2. The minimum Gasteiger partial charge on any atom is -0.326 e. The molecule has 2 fully saturated rings. The fourth-order valence-electron chi connectivity index (χ4n) is 2.55. The second-order valence-corrected chi connectivity index (χ2v) is 8.00. The second-order valence-electron chi connectivity index (χ2n) is 5.29. The number of thiophene rings is 1. The van der Waals surface area contributed by atoms with Gasteiger partial charge in [-0.05, 0) is 25.3 Å². The fourth-order valence-corrected chi connectivity index (χ4v) is 4.97. The zero-order chi connectivity index (χ0) is 13.5. The van der Waals surface area contributed by atoms with Crippen molar-refractivity contribution in [1.82, 2.24) is 9.62 Å². The minimum atomic E-state index is -3.38. The van der Waals surface area contributed by atoms with Gasteiger partial charge in [0.15, 0.2) is 0 Å². The molecule has 0 radical (unpaired) electrons. The van der Waals surface area contributed by atoms with Crippen molar-refractivity contribution < 1.29 is 8.42 Å². The van der Waals surface area contributed by atoms with Crippen molar-refractivity contribution in [2.24, 2.45) is 5.73 Å². The van der Waals surface area contributed by atoms with E-state index in [0.29, 0.717) is 17.5 Å². The summed E-state index contributed by atoms with van der Waals surface area (Å²) in [7, 11) is -3.38. The van der Waals surface area contributed by atoms with Crippen LogP contribution in [0.3, 0.4) is 0 Å². The topological polar surface area (TPSA) is 75.4 Å². The lowest BCUT2D eigenvalue weighted by Gasteiger charge is -2.15. The van der Waals surface area contributed by atoms with E-state index in [9.17, 15) is 8.42 Å². The molecule has 1 aromatic heterocycles. The Bertz CT molecular complexity index is 551. The molecule has 1 unspecified atom stereocenters. The molecule has 0 amide bonds. The van der Waals surface area contributed by atoms with Crippen LogP contribution in [0, 0.1) is 0 Å². The van der Waals surface area contributed by atoms with Gasteiger partial charge in [0, 0.05) is 42.0 Å². The number of hydrogen-bond acceptors (Lipinski definition) is 5. The Kier molecular flexibility index (Phi) is 3.65. The molecule has 1 aliphatic carbocycles. The fraction of sp³-hybridized carbons (Fsp3) is 0.667. The predicted molar refractivity (Wildman–Crippen MR) is 75.5 cm³/mol. The number of nitrogens with zero attached hydrogens (tertiary/aromatic N) is 1. The van der Waals surface area contributed by atoms with Crippen molar-refractivity contribution in [3.05, 3.63) is 16.3 Å². The standard InChI is InChI=1S/C12H19N3O2S2/c13-6-11-5-12(8-18-11)19(16,17)14-9-3-4-15(7-9)10-1-2-10/h5,8-10,14H,1-4,6-7,13H2. The lowest BCUT2D eigenvalue weighted by Crippen LogP contribution is -2.37. The molecule has 2 heterocycles. The Morgan fingerprint density at radius 1 is 1.42 bits per heavy atom. The molecule has 0 spiro atoms. The van der Waals surface area contributed by atoms with E-state index < -0.39 is 10.0 Å². The van der Waals surface area contributed by atoms with Crippen LogP contribution in [0.1, 0.15) is 24.1 Å². The molecule has 3 N–H and O–H groups in total. The Labute approximate surface area is 117 Å². The van der Waals surface area contributed by atoms with Crippen LogP contribution in [0.4, 0.5) is 0 Å². The normalized spacial score (nSPS) is 25.0. The summed E-state index contributed by atoms with van der Waals surface area (Å²) in [6, 6.07) is 2.42. The van der Waals surface area contributed by atoms with Gasteiger partial charge in [0.2, 0.25) is 10.0 Å². The van der Waals surface area contributed by atoms with Gasteiger partial charge in [-0.25, -0.2) is 13.1 Å². The summed E-state index contributed by atoms with van der Waals surface area (Å²) in [5, 5.41) is 1.66. The lowest BCUT2D eigenvalue weighted by molar-refractivity contribution is 0.322. The summed E-state index contributed by atoms with van der Waals surface area (Å²) in [6.45, 7) is 2.24. The molecular weight excluding hydrogens is 282 g/mol. The number of nitrogens with two attached hydrogens (primary N) is 1. The second kappa shape index (κ2) is 5.14. The summed E-state index contributed by atoms with van der Waals surface area (Å²) in [5.74, 6) is 0. The van der Waals surface area contributed by atoms with E-state index in [0.717, 1.165) is 24.4 Å². The van der Waals surface area contributed by atoms with Gasteiger partial charge in [0.25, 0.3) is 0 Å². The quantitative estimate of drug-likeness (QED) is 0.840. The summed E-state index contributed by atoms with van der Waals surface area (Å²) >= 11 is 1.40. The van der Waals surface area contributed by atoms with E-state index in [2.05, 4.69) is 9.62 Å². The van der Waals surface area contributed by atoms with Gasteiger partial charge in [-0.3, -0.25) is 4.90 Å². The summed E-state index contributed by atoms with van der Waals surface area (Å²) in [4.78, 5) is 3.64. The van der Waals surface area contributed by atoms with E-state index >= 15 is 0 Å². The molecule has 2 aliphatic rings. The van der Waals surface area contributed by atoms with Crippen molar-refractivity contribution in [2.75, 3.05) is 13.1 Å². The van der Waals surface area contributed by atoms with Crippen LogP contribution in [0.5, 0.6) is 0 Å². The monoisotopic (exact) mass is 301 g/mol. The van der Waals surface area contributed by atoms with Crippen LogP contribution in [-0.2, 0) is 16.6 Å². The molecule has 19 heavy (non-hydrogen) atoms. The van der Waals surface area contributed by atoms with Crippen molar-refractivity contribution >= 4 is 21.4 Å². The van der Waals surface area contributed by atoms with Crippen molar-refractivity contribution in [3.8, 4) is 0 Å². The van der Waals surface area contributed by atoms with E-state index in [1.807, 2.05) is 0 Å².